The van der Waals surface area contributed by atoms with Gasteiger partial charge in [0.2, 0.25) is 0 Å². The van der Waals surface area contributed by atoms with Crippen molar-refractivity contribution in [1.29, 1.82) is 0 Å². The minimum atomic E-state index is 0.0218. The number of aliphatic hydroxyl groups is 1. The van der Waals surface area contributed by atoms with Crippen LogP contribution in [0, 0.1) is 0 Å². The summed E-state index contributed by atoms with van der Waals surface area (Å²) in [6.07, 6.45) is 0.430. The molecule has 0 atom stereocenters. The topological polar surface area (TPSA) is 55.5 Å². The van der Waals surface area contributed by atoms with E-state index in [2.05, 4.69) is 5.16 Å². The van der Waals surface area contributed by atoms with Crippen LogP contribution in [0.2, 0.25) is 5.02 Å². The largest absolute Gasteiger partial charge is 0.495 e. The predicted molar refractivity (Wildman–Crippen MR) is 56.4 cm³/mol. The second-order valence-electron chi connectivity index (χ2n) is 3.08. The van der Waals surface area contributed by atoms with Crippen LogP contribution in [-0.4, -0.2) is 24.0 Å². The number of nitrogens with zero attached hydrogens (tertiary/aromatic N) is 1. The molecule has 0 saturated heterocycles. The van der Waals surface area contributed by atoms with E-state index in [0.717, 1.165) is 5.39 Å². The fraction of sp³-hybridized carbons (Fsp3) is 0.300. The van der Waals surface area contributed by atoms with Crippen molar-refractivity contribution < 1.29 is 14.4 Å². The maximum atomic E-state index is 8.82. The van der Waals surface area contributed by atoms with Crippen LogP contribution >= 0.6 is 11.6 Å². The lowest BCUT2D eigenvalue weighted by atomic mass is 10.2. The van der Waals surface area contributed by atoms with Gasteiger partial charge in [-0.15, -0.1) is 0 Å². The monoisotopic (exact) mass is 227 g/mol. The normalized spacial score (nSPS) is 10.9. The number of hydrogen-bond acceptors (Lipinski definition) is 4. The molecule has 15 heavy (non-hydrogen) atoms. The van der Waals surface area contributed by atoms with E-state index in [0.29, 0.717) is 28.5 Å². The smallest absolute Gasteiger partial charge is 0.146 e. The van der Waals surface area contributed by atoms with Gasteiger partial charge in [-0.25, -0.2) is 0 Å². The summed E-state index contributed by atoms with van der Waals surface area (Å²) in [5, 5.41) is 14.0. The van der Waals surface area contributed by atoms with Gasteiger partial charge in [0, 0.05) is 17.9 Å². The number of methoxy groups -OCH3 is 1. The first-order valence-electron chi connectivity index (χ1n) is 4.49. The molecular weight excluding hydrogens is 218 g/mol. The number of halogens is 1. The number of fused-ring (bicyclic) bond motifs is 1. The molecule has 4 nitrogen and oxygen atoms in total. The first kappa shape index (κ1) is 10.3. The quantitative estimate of drug-likeness (QED) is 0.872. The molecule has 0 radical (unpaired) electrons. The van der Waals surface area contributed by atoms with Crippen LogP contribution in [0.4, 0.5) is 0 Å². The molecule has 5 heteroatoms. The highest BCUT2D eigenvalue weighted by atomic mass is 35.5. The molecule has 80 valence electrons. The molecule has 1 aromatic carbocycles. The van der Waals surface area contributed by atoms with E-state index >= 15 is 0 Å². The van der Waals surface area contributed by atoms with Crippen molar-refractivity contribution in [2.75, 3.05) is 13.7 Å². The number of ether oxygens (including phenoxy) is 1. The van der Waals surface area contributed by atoms with Gasteiger partial charge in [-0.3, -0.25) is 0 Å². The zero-order valence-electron chi connectivity index (χ0n) is 8.16. The number of benzene rings is 1. The molecule has 1 aromatic heterocycles. The zero-order valence-corrected chi connectivity index (χ0v) is 8.91. The minimum Gasteiger partial charge on any atom is -0.495 e. The van der Waals surface area contributed by atoms with Crippen molar-refractivity contribution in [1.82, 2.24) is 5.16 Å². The molecule has 0 bridgehead atoms. The maximum Gasteiger partial charge on any atom is 0.146 e. The molecular formula is C10H10ClNO3. The third-order valence-electron chi connectivity index (χ3n) is 2.16. The lowest BCUT2D eigenvalue weighted by Crippen LogP contribution is -1.89. The third-order valence-corrected chi connectivity index (χ3v) is 2.46. The average Bonchev–Trinajstić information content (AvgIpc) is 2.61. The van der Waals surface area contributed by atoms with Gasteiger partial charge in [-0.2, -0.15) is 0 Å². The summed E-state index contributed by atoms with van der Waals surface area (Å²) in [4.78, 5) is 0. The molecule has 0 fully saturated rings. The number of rotatable bonds is 3. The Balaban J connectivity index is 2.57. The highest BCUT2D eigenvalue weighted by Gasteiger charge is 2.11. The van der Waals surface area contributed by atoms with E-state index < -0.39 is 0 Å². The van der Waals surface area contributed by atoms with Crippen LogP contribution in [0.5, 0.6) is 5.75 Å². The van der Waals surface area contributed by atoms with Crippen molar-refractivity contribution in [3.05, 3.63) is 22.9 Å². The Labute approximate surface area is 91.4 Å². The molecule has 1 N–H and O–H groups in total. The molecule has 0 unspecified atom stereocenters. The summed E-state index contributed by atoms with van der Waals surface area (Å²) in [7, 11) is 1.54. The molecule has 0 amide bonds. The van der Waals surface area contributed by atoms with Crippen LogP contribution in [0.3, 0.4) is 0 Å². The van der Waals surface area contributed by atoms with Gasteiger partial charge in [-0.05, 0) is 6.07 Å². The molecule has 0 aliphatic rings. The van der Waals surface area contributed by atoms with E-state index in [1.54, 1.807) is 19.2 Å². The molecule has 0 aliphatic carbocycles. The lowest BCUT2D eigenvalue weighted by Gasteiger charge is -2.01. The Morgan fingerprint density at radius 2 is 2.33 bits per heavy atom. The lowest BCUT2D eigenvalue weighted by molar-refractivity contribution is 0.279. The van der Waals surface area contributed by atoms with Crippen molar-refractivity contribution in [2.24, 2.45) is 0 Å². The van der Waals surface area contributed by atoms with Gasteiger partial charge < -0.3 is 14.4 Å². The number of aromatic nitrogens is 1. The average molecular weight is 228 g/mol. The molecule has 0 aliphatic heterocycles. The van der Waals surface area contributed by atoms with Gasteiger partial charge in [0.15, 0.2) is 0 Å². The fourth-order valence-corrected chi connectivity index (χ4v) is 1.67. The SMILES string of the molecule is COc1cc2noc(CCO)c2cc1Cl. The Kier molecular flexibility index (Phi) is 2.79. The van der Waals surface area contributed by atoms with E-state index in [-0.39, 0.29) is 6.61 Å². The zero-order chi connectivity index (χ0) is 10.8. The van der Waals surface area contributed by atoms with Crippen molar-refractivity contribution in [2.45, 2.75) is 6.42 Å². The van der Waals surface area contributed by atoms with Crippen LogP contribution in [-0.2, 0) is 6.42 Å². The minimum absolute atomic E-state index is 0.0218. The van der Waals surface area contributed by atoms with Crippen LogP contribution in [0.15, 0.2) is 16.7 Å². The van der Waals surface area contributed by atoms with Gasteiger partial charge in [0.05, 0.1) is 18.7 Å². The van der Waals surface area contributed by atoms with Crippen molar-refractivity contribution in [3.63, 3.8) is 0 Å². The summed E-state index contributed by atoms with van der Waals surface area (Å²) in [5.41, 5.74) is 0.680. The first-order valence-corrected chi connectivity index (χ1v) is 4.86. The summed E-state index contributed by atoms with van der Waals surface area (Å²) in [5.74, 6) is 1.20. The van der Waals surface area contributed by atoms with Gasteiger partial charge in [0.25, 0.3) is 0 Å². The maximum absolute atomic E-state index is 8.82. The second kappa shape index (κ2) is 4.08. The van der Waals surface area contributed by atoms with Crippen LogP contribution < -0.4 is 4.74 Å². The summed E-state index contributed by atoms with van der Waals surface area (Å²) in [6.45, 7) is 0.0218. The number of aliphatic hydroxyl groups excluding tert-OH is 1. The van der Waals surface area contributed by atoms with Crippen molar-refractivity contribution in [3.8, 4) is 5.75 Å². The van der Waals surface area contributed by atoms with Gasteiger partial charge >= 0.3 is 0 Å². The van der Waals surface area contributed by atoms with Gasteiger partial charge in [0.1, 0.15) is 17.0 Å². The highest BCUT2D eigenvalue weighted by Crippen LogP contribution is 2.31. The molecule has 2 aromatic rings. The Hall–Kier alpha value is -1.26. The third kappa shape index (κ3) is 1.78. The fourth-order valence-electron chi connectivity index (χ4n) is 1.43. The Morgan fingerprint density at radius 1 is 1.53 bits per heavy atom. The van der Waals surface area contributed by atoms with E-state index in [1.165, 1.54) is 0 Å². The first-order chi connectivity index (χ1) is 7.26. The van der Waals surface area contributed by atoms with E-state index in [4.69, 9.17) is 26.0 Å². The molecule has 0 saturated carbocycles. The molecule has 1 heterocycles. The predicted octanol–water partition coefficient (Wildman–Crippen LogP) is 2.02. The van der Waals surface area contributed by atoms with Crippen LogP contribution in [0.25, 0.3) is 10.9 Å². The Bertz CT molecular complexity index is 481. The molecule has 2 rings (SSSR count). The van der Waals surface area contributed by atoms with Crippen LogP contribution in [0.1, 0.15) is 5.76 Å². The summed E-state index contributed by atoms with van der Waals surface area (Å²) in [6, 6.07) is 3.44. The van der Waals surface area contributed by atoms with Crippen molar-refractivity contribution >= 4 is 22.5 Å². The van der Waals surface area contributed by atoms with Gasteiger partial charge in [-0.1, -0.05) is 16.8 Å². The van der Waals surface area contributed by atoms with E-state index in [9.17, 15) is 0 Å². The summed E-state index contributed by atoms with van der Waals surface area (Å²) < 4.78 is 10.1. The Morgan fingerprint density at radius 3 is 3.00 bits per heavy atom. The molecule has 0 spiro atoms. The summed E-state index contributed by atoms with van der Waals surface area (Å²) >= 11 is 5.98. The second-order valence-corrected chi connectivity index (χ2v) is 3.49. The highest BCUT2D eigenvalue weighted by molar-refractivity contribution is 6.32. The standard InChI is InChI=1S/C10H10ClNO3/c1-14-10-5-8-6(4-7(10)11)9(2-3-13)15-12-8/h4-5,13H,2-3H2,1H3. The van der Waals surface area contributed by atoms with E-state index in [1.807, 2.05) is 0 Å². The number of hydrogen-bond donors (Lipinski definition) is 1.